The molecule has 0 aliphatic carbocycles. The van der Waals surface area contributed by atoms with Crippen molar-refractivity contribution in [3.8, 4) is 16.9 Å². The Morgan fingerprint density at radius 3 is 2.35 bits per heavy atom. The Morgan fingerprint density at radius 1 is 1.15 bits per heavy atom. The topological polar surface area (TPSA) is 46.5 Å². The van der Waals surface area contributed by atoms with Crippen LogP contribution in [-0.4, -0.2) is 17.7 Å². The highest BCUT2D eigenvalue weighted by molar-refractivity contribution is 5.89. The van der Waals surface area contributed by atoms with Gasteiger partial charge in [-0.15, -0.1) is 0 Å². The van der Waals surface area contributed by atoms with Crippen molar-refractivity contribution in [3.63, 3.8) is 0 Å². The summed E-state index contributed by atoms with van der Waals surface area (Å²) in [6.45, 7) is -1.10. The number of benzene rings is 2. The van der Waals surface area contributed by atoms with Gasteiger partial charge in [0.15, 0.2) is 0 Å². The molecule has 0 fully saturated rings. The van der Waals surface area contributed by atoms with E-state index in [4.69, 9.17) is 5.11 Å². The summed E-state index contributed by atoms with van der Waals surface area (Å²) < 4.78 is 29.3. The Labute approximate surface area is 114 Å². The third kappa shape index (κ3) is 3.12. The van der Waals surface area contributed by atoms with Crippen molar-refractivity contribution in [1.82, 2.24) is 0 Å². The van der Waals surface area contributed by atoms with Crippen molar-refractivity contribution in [2.75, 3.05) is 0 Å². The second kappa shape index (κ2) is 5.69. The van der Waals surface area contributed by atoms with E-state index in [1.807, 2.05) is 19.1 Å². The molecular weight excluding hydrogens is 266 g/mol. The third-order valence-corrected chi connectivity index (χ3v) is 2.81. The zero-order valence-electron chi connectivity index (χ0n) is 10.6. The van der Waals surface area contributed by atoms with Gasteiger partial charge in [0.25, 0.3) is 0 Å². The molecule has 20 heavy (non-hydrogen) atoms. The van der Waals surface area contributed by atoms with E-state index in [1.54, 1.807) is 12.1 Å². The molecule has 0 bridgehead atoms. The maximum Gasteiger partial charge on any atom is 0.387 e. The fraction of sp³-hybridized carbons (Fsp3) is 0.133. The first-order chi connectivity index (χ1) is 9.47. The number of halogens is 2. The molecule has 5 heteroatoms. The lowest BCUT2D eigenvalue weighted by Gasteiger charge is -2.12. The van der Waals surface area contributed by atoms with Crippen LogP contribution in [0.2, 0.25) is 0 Å². The van der Waals surface area contributed by atoms with Gasteiger partial charge in [0.05, 0.1) is 5.56 Å². The minimum atomic E-state index is -3.01. The largest absolute Gasteiger partial charge is 0.478 e. The Hall–Kier alpha value is -2.43. The van der Waals surface area contributed by atoms with Crippen molar-refractivity contribution >= 4 is 5.97 Å². The summed E-state index contributed by atoms with van der Waals surface area (Å²) in [5.74, 6) is -1.34. The minimum absolute atomic E-state index is 0.100. The predicted molar refractivity (Wildman–Crippen MR) is 70.2 cm³/mol. The maximum absolute atomic E-state index is 12.4. The molecule has 0 unspecified atom stereocenters. The van der Waals surface area contributed by atoms with Gasteiger partial charge in [0.2, 0.25) is 0 Å². The van der Waals surface area contributed by atoms with E-state index >= 15 is 0 Å². The molecule has 3 nitrogen and oxygen atoms in total. The second-order valence-corrected chi connectivity index (χ2v) is 4.26. The van der Waals surface area contributed by atoms with Crippen LogP contribution in [0, 0.1) is 6.92 Å². The van der Waals surface area contributed by atoms with E-state index in [0.29, 0.717) is 11.1 Å². The number of aromatic carboxylic acids is 1. The van der Waals surface area contributed by atoms with Crippen molar-refractivity contribution < 1.29 is 23.4 Å². The Bertz CT molecular complexity index is 622. The molecule has 0 spiro atoms. The maximum atomic E-state index is 12.4. The van der Waals surface area contributed by atoms with Crippen LogP contribution >= 0.6 is 0 Å². The monoisotopic (exact) mass is 278 g/mol. The van der Waals surface area contributed by atoms with Crippen molar-refractivity contribution in [2.24, 2.45) is 0 Å². The van der Waals surface area contributed by atoms with Gasteiger partial charge in [-0.1, -0.05) is 29.8 Å². The highest BCUT2D eigenvalue weighted by Crippen LogP contribution is 2.32. The van der Waals surface area contributed by atoms with Crippen LogP contribution in [0.5, 0.6) is 5.75 Å². The molecule has 2 aromatic rings. The van der Waals surface area contributed by atoms with E-state index < -0.39 is 12.6 Å². The van der Waals surface area contributed by atoms with Gasteiger partial charge < -0.3 is 9.84 Å². The van der Waals surface area contributed by atoms with Gasteiger partial charge in [0, 0.05) is 5.56 Å². The van der Waals surface area contributed by atoms with Gasteiger partial charge in [-0.05, 0) is 30.7 Å². The number of carboxylic acids is 1. The molecule has 0 heterocycles. The summed E-state index contributed by atoms with van der Waals surface area (Å²) in [5, 5.41) is 8.90. The van der Waals surface area contributed by atoms with E-state index in [9.17, 15) is 13.6 Å². The number of aryl methyl sites for hydroxylation is 1. The zero-order chi connectivity index (χ0) is 14.7. The molecule has 0 aromatic heterocycles. The number of rotatable bonds is 4. The van der Waals surface area contributed by atoms with E-state index in [-0.39, 0.29) is 11.3 Å². The molecule has 0 amide bonds. The Morgan fingerprint density at radius 2 is 1.80 bits per heavy atom. The van der Waals surface area contributed by atoms with Crippen LogP contribution in [0.1, 0.15) is 15.9 Å². The molecule has 0 atom stereocenters. The summed E-state index contributed by atoms with van der Waals surface area (Å²) in [5.41, 5.74) is 2.04. The molecule has 0 saturated carbocycles. The lowest BCUT2D eigenvalue weighted by molar-refractivity contribution is -0.0495. The zero-order valence-corrected chi connectivity index (χ0v) is 10.6. The smallest absolute Gasteiger partial charge is 0.387 e. The fourth-order valence-corrected chi connectivity index (χ4v) is 1.82. The van der Waals surface area contributed by atoms with Crippen molar-refractivity contribution in [3.05, 3.63) is 53.6 Å². The predicted octanol–water partition coefficient (Wildman–Crippen LogP) is 3.96. The molecule has 2 aromatic carbocycles. The molecule has 1 N–H and O–H groups in total. The number of carbonyl (C=O) groups is 1. The average Bonchev–Trinajstić information content (AvgIpc) is 2.39. The van der Waals surface area contributed by atoms with Gasteiger partial charge in [-0.25, -0.2) is 4.79 Å². The standard InChI is InChI=1S/C15H12F2O3/c1-9-2-4-10(5-3-9)12-7-6-11(14(18)19)8-13(12)20-15(16)17/h2-8,15H,1H3,(H,18,19). The van der Waals surface area contributed by atoms with Crippen molar-refractivity contribution in [1.29, 1.82) is 0 Å². The first-order valence-corrected chi connectivity index (χ1v) is 5.86. The van der Waals surface area contributed by atoms with Crippen molar-refractivity contribution in [2.45, 2.75) is 13.5 Å². The first-order valence-electron chi connectivity index (χ1n) is 5.86. The fourth-order valence-electron chi connectivity index (χ4n) is 1.82. The van der Waals surface area contributed by atoms with Crippen LogP contribution in [0.25, 0.3) is 11.1 Å². The Balaban J connectivity index is 2.50. The summed E-state index contributed by atoms with van der Waals surface area (Å²) in [7, 11) is 0. The highest BCUT2D eigenvalue weighted by Gasteiger charge is 2.14. The van der Waals surface area contributed by atoms with E-state index in [1.165, 1.54) is 12.1 Å². The van der Waals surface area contributed by atoms with E-state index in [2.05, 4.69) is 4.74 Å². The minimum Gasteiger partial charge on any atom is -0.478 e. The SMILES string of the molecule is Cc1ccc(-c2ccc(C(=O)O)cc2OC(F)F)cc1. The molecule has 0 aliphatic heterocycles. The first kappa shape index (κ1) is 14.0. The van der Waals surface area contributed by atoms with Crippen LogP contribution in [0.4, 0.5) is 8.78 Å². The third-order valence-electron chi connectivity index (χ3n) is 2.81. The summed E-state index contributed by atoms with van der Waals surface area (Å²) in [6, 6.07) is 11.1. The van der Waals surface area contributed by atoms with Gasteiger partial charge >= 0.3 is 12.6 Å². The number of hydrogen-bond donors (Lipinski definition) is 1. The van der Waals surface area contributed by atoms with Gasteiger partial charge in [0.1, 0.15) is 5.75 Å². The highest BCUT2D eigenvalue weighted by atomic mass is 19.3. The molecule has 0 aliphatic rings. The molecule has 2 rings (SSSR count). The van der Waals surface area contributed by atoms with Gasteiger partial charge in [-0.3, -0.25) is 0 Å². The van der Waals surface area contributed by atoms with Crippen LogP contribution in [0.3, 0.4) is 0 Å². The van der Waals surface area contributed by atoms with Crippen LogP contribution < -0.4 is 4.74 Å². The quantitative estimate of drug-likeness (QED) is 0.920. The second-order valence-electron chi connectivity index (χ2n) is 4.26. The summed E-state index contributed by atoms with van der Waals surface area (Å²) >= 11 is 0. The Kier molecular flexibility index (Phi) is 3.98. The van der Waals surface area contributed by atoms with E-state index in [0.717, 1.165) is 11.6 Å². The molecule has 0 radical (unpaired) electrons. The molecule has 104 valence electrons. The lowest BCUT2D eigenvalue weighted by Crippen LogP contribution is -2.05. The summed E-state index contributed by atoms with van der Waals surface area (Å²) in [4.78, 5) is 10.9. The average molecular weight is 278 g/mol. The summed E-state index contributed by atoms with van der Waals surface area (Å²) in [6.07, 6.45) is 0. The normalized spacial score (nSPS) is 10.6. The molecular formula is C15H12F2O3. The number of carboxylic acid groups (broad SMARTS) is 1. The van der Waals surface area contributed by atoms with Crippen LogP contribution in [-0.2, 0) is 0 Å². The van der Waals surface area contributed by atoms with Crippen LogP contribution in [0.15, 0.2) is 42.5 Å². The number of alkyl halides is 2. The number of hydrogen-bond acceptors (Lipinski definition) is 2. The van der Waals surface area contributed by atoms with Gasteiger partial charge in [-0.2, -0.15) is 8.78 Å². The molecule has 0 saturated heterocycles. The number of ether oxygens (including phenoxy) is 1. The lowest BCUT2D eigenvalue weighted by atomic mass is 10.0.